The first-order valence-corrected chi connectivity index (χ1v) is 8.28. The van der Waals surface area contributed by atoms with Gasteiger partial charge in [-0.15, -0.1) is 0 Å². The van der Waals surface area contributed by atoms with E-state index in [1.54, 1.807) is 0 Å². The summed E-state index contributed by atoms with van der Waals surface area (Å²) in [5, 5.41) is 3.94. The van der Waals surface area contributed by atoms with Gasteiger partial charge in [-0.3, -0.25) is 4.79 Å². The zero-order valence-electron chi connectivity index (χ0n) is 14.3. The molecule has 1 aromatic heterocycles. The maximum absolute atomic E-state index is 12.4. The molecule has 128 valence electrons. The molecule has 0 N–H and O–H groups in total. The molecule has 1 atom stereocenters. The van der Waals surface area contributed by atoms with Crippen LogP contribution in [0.5, 0.6) is 0 Å². The molecule has 0 radical (unpaired) electrons. The Morgan fingerprint density at radius 2 is 1.84 bits per heavy atom. The van der Waals surface area contributed by atoms with Gasteiger partial charge < -0.3 is 9.26 Å². The molecule has 0 aliphatic heterocycles. The minimum Gasteiger partial charge on any atom is -0.455 e. The van der Waals surface area contributed by atoms with Gasteiger partial charge in [0.1, 0.15) is 0 Å². The van der Waals surface area contributed by atoms with Crippen molar-refractivity contribution < 1.29 is 14.1 Å². The highest BCUT2D eigenvalue weighted by atomic mass is 16.6. The molecule has 25 heavy (non-hydrogen) atoms. The lowest BCUT2D eigenvalue weighted by Crippen LogP contribution is -2.15. The Hall–Kier alpha value is -2.95. The van der Waals surface area contributed by atoms with Crippen LogP contribution in [0, 0.1) is 6.92 Å². The molecule has 1 heterocycles. The Morgan fingerprint density at radius 1 is 1.12 bits per heavy atom. The van der Waals surface area contributed by atoms with Gasteiger partial charge in [0.2, 0.25) is 5.82 Å². The Kier molecular flexibility index (Phi) is 5.23. The van der Waals surface area contributed by atoms with E-state index < -0.39 is 0 Å². The van der Waals surface area contributed by atoms with Gasteiger partial charge in [-0.2, -0.15) is 4.98 Å². The summed E-state index contributed by atoms with van der Waals surface area (Å²) in [6.45, 7) is 3.95. The van der Waals surface area contributed by atoms with Gasteiger partial charge >= 0.3 is 5.97 Å². The van der Waals surface area contributed by atoms with Crippen molar-refractivity contribution in [1.29, 1.82) is 0 Å². The van der Waals surface area contributed by atoms with Crippen LogP contribution in [0.25, 0.3) is 11.4 Å². The second-order valence-electron chi connectivity index (χ2n) is 5.86. The molecule has 0 saturated heterocycles. The zero-order chi connectivity index (χ0) is 17.6. The van der Waals surface area contributed by atoms with Crippen LogP contribution in [0.1, 0.15) is 36.3 Å². The first-order valence-electron chi connectivity index (χ1n) is 8.28. The maximum Gasteiger partial charge on any atom is 0.313 e. The van der Waals surface area contributed by atoms with Crippen LogP contribution in [0.3, 0.4) is 0 Å². The molecular formula is C20H20N2O3. The number of esters is 1. The van der Waals surface area contributed by atoms with Crippen LogP contribution in [0.2, 0.25) is 0 Å². The number of rotatable bonds is 6. The smallest absolute Gasteiger partial charge is 0.313 e. The van der Waals surface area contributed by atoms with E-state index in [-0.39, 0.29) is 24.4 Å². The Balaban J connectivity index is 1.63. The minimum atomic E-state index is -0.291. The fraction of sp³-hybridized carbons (Fsp3) is 0.250. The van der Waals surface area contributed by atoms with Crippen LogP contribution in [0.15, 0.2) is 59.1 Å². The summed E-state index contributed by atoms with van der Waals surface area (Å²) in [7, 11) is 0. The second-order valence-corrected chi connectivity index (χ2v) is 5.86. The van der Waals surface area contributed by atoms with Crippen LogP contribution < -0.4 is 0 Å². The molecule has 0 amide bonds. The van der Waals surface area contributed by atoms with E-state index in [9.17, 15) is 4.79 Å². The fourth-order valence-corrected chi connectivity index (χ4v) is 2.59. The van der Waals surface area contributed by atoms with Crippen molar-refractivity contribution in [3.05, 3.63) is 71.6 Å². The monoisotopic (exact) mass is 336 g/mol. The molecule has 0 saturated carbocycles. The quantitative estimate of drug-likeness (QED) is 0.629. The van der Waals surface area contributed by atoms with E-state index in [0.717, 1.165) is 16.7 Å². The SMILES string of the molecule is CC[C@H](C(=O)OCc1nc(-c2ccc(C)cc2)no1)c1ccccc1. The summed E-state index contributed by atoms with van der Waals surface area (Å²) in [6, 6.07) is 17.4. The van der Waals surface area contributed by atoms with Gasteiger partial charge in [0.05, 0.1) is 5.92 Å². The lowest BCUT2D eigenvalue weighted by atomic mass is 9.97. The van der Waals surface area contributed by atoms with Crippen molar-refractivity contribution >= 4 is 5.97 Å². The number of hydrogen-bond donors (Lipinski definition) is 0. The number of carbonyl (C=O) groups is 1. The van der Waals surface area contributed by atoms with E-state index in [4.69, 9.17) is 9.26 Å². The maximum atomic E-state index is 12.4. The second kappa shape index (κ2) is 7.75. The first-order chi connectivity index (χ1) is 12.2. The number of carbonyl (C=O) groups excluding carboxylic acids is 1. The molecule has 5 heteroatoms. The van der Waals surface area contributed by atoms with Crippen molar-refractivity contribution in [3.63, 3.8) is 0 Å². The molecule has 2 aromatic carbocycles. The lowest BCUT2D eigenvalue weighted by Gasteiger charge is -2.13. The van der Waals surface area contributed by atoms with E-state index in [1.807, 2.05) is 68.4 Å². The van der Waals surface area contributed by atoms with Crippen molar-refractivity contribution in [2.24, 2.45) is 0 Å². The third-order valence-electron chi connectivity index (χ3n) is 4.01. The standard InChI is InChI=1S/C20H20N2O3/c1-3-17(15-7-5-4-6-8-15)20(23)24-13-18-21-19(22-25-18)16-11-9-14(2)10-12-16/h4-12,17H,3,13H2,1-2H3/t17-/m0/s1. The van der Waals surface area contributed by atoms with Gasteiger partial charge in [-0.1, -0.05) is 72.2 Å². The Morgan fingerprint density at radius 3 is 2.52 bits per heavy atom. The average Bonchev–Trinajstić information content (AvgIpc) is 3.11. The molecule has 0 spiro atoms. The van der Waals surface area contributed by atoms with Gasteiger partial charge in [-0.25, -0.2) is 0 Å². The molecule has 0 aliphatic carbocycles. The van der Waals surface area contributed by atoms with E-state index in [1.165, 1.54) is 0 Å². The van der Waals surface area contributed by atoms with Crippen molar-refractivity contribution in [2.45, 2.75) is 32.8 Å². The number of aromatic nitrogens is 2. The highest BCUT2D eigenvalue weighted by Crippen LogP contribution is 2.22. The molecule has 0 aliphatic rings. The molecule has 0 bridgehead atoms. The summed E-state index contributed by atoms with van der Waals surface area (Å²) in [6.07, 6.45) is 0.668. The highest BCUT2D eigenvalue weighted by molar-refractivity contribution is 5.78. The predicted molar refractivity (Wildman–Crippen MR) is 93.7 cm³/mol. The topological polar surface area (TPSA) is 65.2 Å². The average molecular weight is 336 g/mol. The van der Waals surface area contributed by atoms with Gasteiger partial charge in [0, 0.05) is 5.56 Å². The highest BCUT2D eigenvalue weighted by Gasteiger charge is 2.21. The molecule has 0 unspecified atom stereocenters. The number of nitrogens with zero attached hydrogens (tertiary/aromatic N) is 2. The predicted octanol–water partition coefficient (Wildman–Crippen LogP) is 4.28. The molecule has 3 rings (SSSR count). The summed E-state index contributed by atoms with van der Waals surface area (Å²) < 4.78 is 10.5. The Labute approximate surface area is 146 Å². The number of hydrogen-bond acceptors (Lipinski definition) is 5. The molecule has 0 fully saturated rings. The Bertz CT molecular complexity index is 826. The lowest BCUT2D eigenvalue weighted by molar-refractivity contribution is -0.147. The summed E-state index contributed by atoms with van der Waals surface area (Å²) >= 11 is 0. The van der Waals surface area contributed by atoms with Crippen molar-refractivity contribution in [1.82, 2.24) is 10.1 Å². The number of ether oxygens (including phenoxy) is 1. The van der Waals surface area contributed by atoms with Crippen LogP contribution in [-0.4, -0.2) is 16.1 Å². The van der Waals surface area contributed by atoms with Gasteiger partial charge in [-0.05, 0) is 18.9 Å². The molecule has 3 aromatic rings. The molecular weight excluding hydrogens is 316 g/mol. The summed E-state index contributed by atoms with van der Waals surface area (Å²) in [5.41, 5.74) is 2.97. The van der Waals surface area contributed by atoms with Crippen LogP contribution in [0.4, 0.5) is 0 Å². The van der Waals surface area contributed by atoms with Gasteiger partial charge in [0.15, 0.2) is 6.61 Å². The van der Waals surface area contributed by atoms with E-state index in [0.29, 0.717) is 12.2 Å². The number of aryl methyl sites for hydroxylation is 1. The third-order valence-corrected chi connectivity index (χ3v) is 4.01. The summed E-state index contributed by atoms with van der Waals surface area (Å²) in [4.78, 5) is 16.6. The van der Waals surface area contributed by atoms with Crippen molar-refractivity contribution in [2.75, 3.05) is 0 Å². The minimum absolute atomic E-state index is 0.0268. The largest absolute Gasteiger partial charge is 0.455 e. The summed E-state index contributed by atoms with van der Waals surface area (Å²) in [5.74, 6) is 0.192. The number of benzene rings is 2. The molecule has 5 nitrogen and oxygen atoms in total. The first kappa shape index (κ1) is 16.9. The van der Waals surface area contributed by atoms with Crippen LogP contribution in [-0.2, 0) is 16.1 Å². The van der Waals surface area contributed by atoms with E-state index in [2.05, 4.69) is 10.1 Å². The van der Waals surface area contributed by atoms with E-state index >= 15 is 0 Å². The van der Waals surface area contributed by atoms with Gasteiger partial charge in [0.25, 0.3) is 5.89 Å². The zero-order valence-corrected chi connectivity index (χ0v) is 14.3. The van der Waals surface area contributed by atoms with Crippen molar-refractivity contribution in [3.8, 4) is 11.4 Å². The normalized spacial score (nSPS) is 11.9. The third kappa shape index (κ3) is 4.12. The fourth-order valence-electron chi connectivity index (χ4n) is 2.59. The van der Waals surface area contributed by atoms with Crippen LogP contribution >= 0.6 is 0 Å².